The number of nitrogens with zero attached hydrogens (tertiary/aromatic N) is 2. The summed E-state index contributed by atoms with van der Waals surface area (Å²) < 4.78 is 5.96. The molecule has 2 nitrogen and oxygen atoms in total. The molecule has 12 aromatic rings. The van der Waals surface area contributed by atoms with Crippen LogP contribution >= 0.6 is 15.9 Å². The molecule has 1 aliphatic carbocycles. The molecule has 0 amide bonds. The third-order valence-electron chi connectivity index (χ3n) is 13.9. The number of rotatable bonds is 5. The fourth-order valence-corrected chi connectivity index (χ4v) is 11.3. The molecule has 3 heteroatoms. The smallest absolute Gasteiger partial charge is 0.0544 e. The van der Waals surface area contributed by atoms with Gasteiger partial charge in [0.1, 0.15) is 0 Å². The molecule has 0 bridgehead atoms. The molecule has 0 radical (unpaired) electrons. The molecule has 64 heavy (non-hydrogen) atoms. The van der Waals surface area contributed by atoms with Crippen LogP contribution in [0.25, 0.3) is 110 Å². The van der Waals surface area contributed by atoms with Crippen LogP contribution in [0, 0.1) is 0 Å². The van der Waals surface area contributed by atoms with E-state index >= 15 is 0 Å². The molecular formula is C61H41BrN2. The van der Waals surface area contributed by atoms with Gasteiger partial charge in [-0.1, -0.05) is 157 Å². The van der Waals surface area contributed by atoms with Crippen LogP contribution in [0.2, 0.25) is 0 Å². The molecule has 0 spiro atoms. The van der Waals surface area contributed by atoms with E-state index in [9.17, 15) is 0 Å². The Kier molecular flexibility index (Phi) is 8.13. The van der Waals surface area contributed by atoms with Crippen molar-refractivity contribution in [1.82, 2.24) is 9.13 Å². The molecular weight excluding hydrogens is 841 g/mol. The van der Waals surface area contributed by atoms with E-state index in [0.717, 1.165) is 10.2 Å². The van der Waals surface area contributed by atoms with Gasteiger partial charge in [-0.05, 0) is 146 Å². The largest absolute Gasteiger partial charge is 0.309 e. The van der Waals surface area contributed by atoms with Crippen LogP contribution in [0.15, 0.2) is 217 Å². The summed E-state index contributed by atoms with van der Waals surface area (Å²) >= 11 is 3.77. The summed E-state index contributed by atoms with van der Waals surface area (Å²) in [4.78, 5) is 0. The highest BCUT2D eigenvalue weighted by atomic mass is 79.9. The van der Waals surface area contributed by atoms with E-state index < -0.39 is 0 Å². The number of fused-ring (bicyclic) bond motifs is 11. The van der Waals surface area contributed by atoms with Crippen LogP contribution < -0.4 is 0 Å². The fourth-order valence-electron chi connectivity index (χ4n) is 10.9. The summed E-state index contributed by atoms with van der Waals surface area (Å²) in [7, 11) is 0. The predicted molar refractivity (Wildman–Crippen MR) is 274 cm³/mol. The molecule has 2 aromatic heterocycles. The second-order valence-corrected chi connectivity index (χ2v) is 18.8. The van der Waals surface area contributed by atoms with Crippen molar-refractivity contribution in [1.29, 1.82) is 0 Å². The van der Waals surface area contributed by atoms with Crippen LogP contribution in [0.1, 0.15) is 25.0 Å². The summed E-state index contributed by atoms with van der Waals surface area (Å²) in [6.45, 7) is 4.76. The Morgan fingerprint density at radius 2 is 0.859 bits per heavy atom. The van der Waals surface area contributed by atoms with Crippen LogP contribution in [0.4, 0.5) is 0 Å². The van der Waals surface area contributed by atoms with Gasteiger partial charge in [-0.3, -0.25) is 0 Å². The molecule has 0 saturated carbocycles. The van der Waals surface area contributed by atoms with Crippen LogP contribution in [-0.4, -0.2) is 9.13 Å². The first-order chi connectivity index (χ1) is 31.4. The normalized spacial score (nSPS) is 13.0. The molecule has 302 valence electrons. The third-order valence-corrected chi connectivity index (χ3v) is 14.4. The highest BCUT2D eigenvalue weighted by molar-refractivity contribution is 9.10. The minimum absolute atomic E-state index is 0.128. The first-order valence-corrected chi connectivity index (χ1v) is 22.9. The summed E-state index contributed by atoms with van der Waals surface area (Å²) in [5.41, 5.74) is 19.6. The predicted octanol–water partition coefficient (Wildman–Crippen LogP) is 17.1. The summed E-state index contributed by atoms with van der Waals surface area (Å²) in [6.07, 6.45) is 0. The van der Waals surface area contributed by atoms with Gasteiger partial charge in [0.2, 0.25) is 0 Å². The molecule has 10 aromatic carbocycles. The van der Waals surface area contributed by atoms with E-state index in [-0.39, 0.29) is 5.41 Å². The van der Waals surface area contributed by atoms with Gasteiger partial charge in [0.15, 0.2) is 0 Å². The summed E-state index contributed by atoms with van der Waals surface area (Å²) in [5.74, 6) is 0. The van der Waals surface area contributed by atoms with E-state index in [0.29, 0.717) is 0 Å². The highest BCUT2D eigenvalue weighted by Gasteiger charge is 2.37. The number of para-hydroxylation sites is 3. The van der Waals surface area contributed by atoms with Gasteiger partial charge in [-0.25, -0.2) is 0 Å². The third kappa shape index (κ3) is 5.50. The molecule has 0 unspecified atom stereocenters. The van der Waals surface area contributed by atoms with Gasteiger partial charge in [-0.15, -0.1) is 0 Å². The lowest BCUT2D eigenvalue weighted by Gasteiger charge is -2.23. The molecule has 0 atom stereocenters. The van der Waals surface area contributed by atoms with Crippen LogP contribution in [-0.2, 0) is 5.41 Å². The summed E-state index contributed by atoms with van der Waals surface area (Å²) in [6, 6.07) is 78.7. The van der Waals surface area contributed by atoms with Crippen molar-refractivity contribution in [3.63, 3.8) is 0 Å². The maximum absolute atomic E-state index is 3.77. The van der Waals surface area contributed by atoms with E-state index in [1.165, 1.54) is 116 Å². The average Bonchev–Trinajstić information content (AvgIpc) is 3.93. The number of aromatic nitrogens is 2. The minimum atomic E-state index is -0.128. The maximum atomic E-state index is 3.77. The Morgan fingerprint density at radius 1 is 0.344 bits per heavy atom. The minimum Gasteiger partial charge on any atom is -0.309 e. The lowest BCUT2D eigenvalue weighted by Crippen LogP contribution is -2.15. The van der Waals surface area contributed by atoms with Gasteiger partial charge >= 0.3 is 0 Å². The van der Waals surface area contributed by atoms with Crippen molar-refractivity contribution in [2.75, 3.05) is 0 Å². The summed E-state index contributed by atoms with van der Waals surface area (Å²) in [5, 5.41) is 7.54. The van der Waals surface area contributed by atoms with Gasteiger partial charge in [0.05, 0.1) is 27.8 Å². The zero-order valence-electron chi connectivity index (χ0n) is 35.5. The first-order valence-electron chi connectivity index (χ1n) is 22.1. The first kappa shape index (κ1) is 37.1. The molecule has 1 aliphatic rings. The van der Waals surface area contributed by atoms with Crippen molar-refractivity contribution in [3.8, 4) is 55.9 Å². The van der Waals surface area contributed by atoms with Gasteiger partial charge in [0.25, 0.3) is 0 Å². The van der Waals surface area contributed by atoms with Crippen molar-refractivity contribution in [2.24, 2.45) is 0 Å². The van der Waals surface area contributed by atoms with Gasteiger partial charge in [-0.2, -0.15) is 0 Å². The Morgan fingerprint density at radius 3 is 1.52 bits per heavy atom. The molecule has 0 aliphatic heterocycles. The highest BCUT2D eigenvalue weighted by Crippen LogP contribution is 2.53. The standard InChI is InChI=1S/C61H41BrN2/c1-61(2)53-24-11-8-23-50(53)60-49-22-7-6-19-46(49)59(37-54(60)61)64-56-26-13-10-21-48(56)52-36-40(28-30-58(52)64)43-32-41(38-15-14-16-44(62)34-38)31-42(33-43)39-27-29-57-51(35-39)47-20-9-12-25-55(47)63(57)45-17-4-3-5-18-45/h3-37H,1-2H3. The topological polar surface area (TPSA) is 9.86 Å². The Labute approximate surface area is 380 Å². The molecule has 0 N–H and O–H groups in total. The monoisotopic (exact) mass is 880 g/mol. The SMILES string of the molecule is CC1(C)c2ccccc2-c2c1cc(-n1c3ccccc3c3cc(-c4cc(-c5cccc(Br)c5)cc(-c5ccc6c(c5)c5ccccc5n6-c5ccccc5)c4)ccc31)c1ccccc21. The quantitative estimate of drug-likeness (QED) is 0.163. The second-order valence-electron chi connectivity index (χ2n) is 17.8. The van der Waals surface area contributed by atoms with Gasteiger partial charge < -0.3 is 9.13 Å². The lowest BCUT2D eigenvalue weighted by atomic mass is 9.81. The number of halogens is 1. The van der Waals surface area contributed by atoms with E-state index in [1.807, 2.05) is 0 Å². The second kappa shape index (κ2) is 14.0. The van der Waals surface area contributed by atoms with Gasteiger partial charge in [0, 0.05) is 42.5 Å². The van der Waals surface area contributed by atoms with Crippen molar-refractivity contribution < 1.29 is 0 Å². The number of hydrogen-bond donors (Lipinski definition) is 0. The molecule has 2 heterocycles. The van der Waals surface area contributed by atoms with Crippen LogP contribution in [0.5, 0.6) is 0 Å². The lowest BCUT2D eigenvalue weighted by molar-refractivity contribution is 0.660. The van der Waals surface area contributed by atoms with E-state index in [1.54, 1.807) is 0 Å². The Hall–Kier alpha value is -7.46. The van der Waals surface area contributed by atoms with E-state index in [4.69, 9.17) is 0 Å². The van der Waals surface area contributed by atoms with Crippen molar-refractivity contribution in [3.05, 3.63) is 228 Å². The van der Waals surface area contributed by atoms with Crippen LogP contribution in [0.3, 0.4) is 0 Å². The molecule has 0 fully saturated rings. The van der Waals surface area contributed by atoms with Crippen molar-refractivity contribution in [2.45, 2.75) is 19.3 Å². The zero-order chi connectivity index (χ0) is 42.7. The number of benzene rings is 10. The Bertz CT molecular complexity index is 3880. The maximum Gasteiger partial charge on any atom is 0.0544 e. The van der Waals surface area contributed by atoms with E-state index in [2.05, 4.69) is 251 Å². The molecule has 13 rings (SSSR count). The fraction of sp³-hybridized carbons (Fsp3) is 0.0492. The molecule has 0 saturated heterocycles. The Balaban J connectivity index is 1.02. The van der Waals surface area contributed by atoms with Crippen molar-refractivity contribution >= 4 is 70.3 Å². The average molecular weight is 882 g/mol. The zero-order valence-corrected chi connectivity index (χ0v) is 37.1. The number of hydrogen-bond acceptors (Lipinski definition) is 0.